The van der Waals surface area contributed by atoms with Gasteiger partial charge >= 0.3 is 0 Å². The lowest BCUT2D eigenvalue weighted by molar-refractivity contribution is 0.190. The average Bonchev–Trinajstić information content (AvgIpc) is 3.01. The molecule has 0 aliphatic carbocycles. The SMILES string of the molecule is COCCN(CCOC)c1cccc2nc(Nc3c(C)cc(C)nc3C)n(C)c12.Cl. The van der Waals surface area contributed by atoms with E-state index in [0.717, 1.165) is 58.4 Å². The third-order valence-electron chi connectivity index (χ3n) is 5.11. The van der Waals surface area contributed by atoms with Crippen LogP contribution >= 0.6 is 12.4 Å². The van der Waals surface area contributed by atoms with Gasteiger partial charge in [0.2, 0.25) is 5.95 Å². The van der Waals surface area contributed by atoms with Crippen molar-refractivity contribution >= 4 is 40.8 Å². The van der Waals surface area contributed by atoms with Crippen molar-refractivity contribution in [3.05, 3.63) is 41.2 Å². The van der Waals surface area contributed by atoms with Crippen LogP contribution in [0.3, 0.4) is 0 Å². The topological polar surface area (TPSA) is 64.4 Å². The molecule has 2 heterocycles. The molecule has 0 aliphatic heterocycles. The van der Waals surface area contributed by atoms with E-state index in [4.69, 9.17) is 14.5 Å². The van der Waals surface area contributed by atoms with E-state index in [2.05, 4.69) is 38.8 Å². The fourth-order valence-electron chi connectivity index (χ4n) is 3.70. The first-order chi connectivity index (χ1) is 14.0. The standard InChI is InChI=1S/C22H31N5O2.ClH/c1-15-14-16(2)23-17(3)20(15)25-22-24-18-8-7-9-19(21(18)26(22)4)27(10-12-28-5)11-13-29-6;/h7-9,14H,10-13H2,1-6H3,(H,24,25);1H. The van der Waals surface area contributed by atoms with Crippen LogP contribution in [0.15, 0.2) is 24.3 Å². The van der Waals surface area contributed by atoms with Crippen molar-refractivity contribution in [2.75, 3.05) is 50.7 Å². The predicted octanol–water partition coefficient (Wildman–Crippen LogP) is 4.16. The van der Waals surface area contributed by atoms with Gasteiger partial charge < -0.3 is 24.3 Å². The van der Waals surface area contributed by atoms with E-state index in [1.54, 1.807) is 14.2 Å². The number of fused-ring (bicyclic) bond motifs is 1. The number of nitrogens with zero attached hydrogens (tertiary/aromatic N) is 4. The Balaban J connectivity index is 0.00000320. The molecule has 0 bridgehead atoms. The van der Waals surface area contributed by atoms with Crippen molar-refractivity contribution in [2.24, 2.45) is 7.05 Å². The number of ether oxygens (including phenoxy) is 2. The lowest BCUT2D eigenvalue weighted by atomic mass is 10.1. The van der Waals surface area contributed by atoms with Crippen molar-refractivity contribution in [1.29, 1.82) is 0 Å². The molecule has 0 radical (unpaired) electrons. The molecule has 8 heteroatoms. The molecular formula is C22H32ClN5O2. The first-order valence-electron chi connectivity index (χ1n) is 9.86. The second kappa shape index (κ2) is 10.6. The van der Waals surface area contributed by atoms with Crippen molar-refractivity contribution in [3.63, 3.8) is 0 Å². The van der Waals surface area contributed by atoms with E-state index in [1.165, 1.54) is 0 Å². The monoisotopic (exact) mass is 433 g/mol. The molecule has 164 valence electrons. The average molecular weight is 434 g/mol. The van der Waals surface area contributed by atoms with Gasteiger partial charge in [0.25, 0.3) is 0 Å². The van der Waals surface area contributed by atoms with Gasteiger partial charge in [0.15, 0.2) is 0 Å². The Bertz CT molecular complexity index is 958. The van der Waals surface area contributed by atoms with E-state index in [9.17, 15) is 0 Å². The molecule has 1 aromatic carbocycles. The summed E-state index contributed by atoms with van der Waals surface area (Å²) >= 11 is 0. The summed E-state index contributed by atoms with van der Waals surface area (Å²) in [6.07, 6.45) is 0. The van der Waals surface area contributed by atoms with Gasteiger partial charge in [-0.1, -0.05) is 6.07 Å². The summed E-state index contributed by atoms with van der Waals surface area (Å²) in [6.45, 7) is 9.00. The second-order valence-corrected chi connectivity index (χ2v) is 7.28. The quantitative estimate of drug-likeness (QED) is 0.546. The molecular weight excluding hydrogens is 402 g/mol. The highest BCUT2D eigenvalue weighted by molar-refractivity contribution is 5.91. The van der Waals surface area contributed by atoms with Crippen molar-refractivity contribution in [3.8, 4) is 0 Å². The predicted molar refractivity (Wildman–Crippen MR) is 126 cm³/mol. The fraction of sp³-hybridized carbons (Fsp3) is 0.455. The summed E-state index contributed by atoms with van der Waals surface area (Å²) in [7, 11) is 5.49. The summed E-state index contributed by atoms with van der Waals surface area (Å²) in [5.41, 5.74) is 7.30. The smallest absolute Gasteiger partial charge is 0.208 e. The van der Waals surface area contributed by atoms with Crippen molar-refractivity contribution < 1.29 is 9.47 Å². The normalized spacial score (nSPS) is 10.9. The number of rotatable bonds is 9. The zero-order chi connectivity index (χ0) is 21.0. The third kappa shape index (κ3) is 5.03. The Labute approximate surface area is 184 Å². The van der Waals surface area contributed by atoms with Gasteiger partial charge in [0.05, 0.1) is 41.3 Å². The molecule has 0 amide bonds. The minimum absolute atomic E-state index is 0. The van der Waals surface area contributed by atoms with Crippen LogP contribution in [0.4, 0.5) is 17.3 Å². The molecule has 3 rings (SSSR count). The van der Waals surface area contributed by atoms with Crippen LogP contribution in [-0.4, -0.2) is 55.1 Å². The maximum Gasteiger partial charge on any atom is 0.208 e. The van der Waals surface area contributed by atoms with Gasteiger partial charge in [-0.15, -0.1) is 12.4 Å². The molecule has 1 N–H and O–H groups in total. The molecule has 0 fully saturated rings. The summed E-state index contributed by atoms with van der Waals surface area (Å²) < 4.78 is 12.7. The minimum atomic E-state index is 0. The highest BCUT2D eigenvalue weighted by Gasteiger charge is 2.17. The number of hydrogen-bond donors (Lipinski definition) is 1. The molecule has 0 saturated heterocycles. The highest BCUT2D eigenvalue weighted by Crippen LogP contribution is 2.31. The number of hydrogen-bond acceptors (Lipinski definition) is 6. The Morgan fingerprint density at radius 1 is 1.03 bits per heavy atom. The maximum atomic E-state index is 5.31. The molecule has 7 nitrogen and oxygen atoms in total. The summed E-state index contributed by atoms with van der Waals surface area (Å²) in [5.74, 6) is 0.794. The lowest BCUT2D eigenvalue weighted by Gasteiger charge is -2.25. The maximum absolute atomic E-state index is 5.31. The second-order valence-electron chi connectivity index (χ2n) is 7.28. The van der Waals surface area contributed by atoms with Crippen LogP contribution in [0.25, 0.3) is 11.0 Å². The van der Waals surface area contributed by atoms with E-state index >= 15 is 0 Å². The number of imidazole rings is 1. The number of para-hydroxylation sites is 1. The molecule has 30 heavy (non-hydrogen) atoms. The number of nitrogens with one attached hydrogen (secondary N) is 1. The Morgan fingerprint density at radius 2 is 1.70 bits per heavy atom. The van der Waals surface area contributed by atoms with Crippen LogP contribution in [0.2, 0.25) is 0 Å². The third-order valence-corrected chi connectivity index (χ3v) is 5.11. The van der Waals surface area contributed by atoms with Crippen LogP contribution in [-0.2, 0) is 16.5 Å². The number of pyridine rings is 1. The van der Waals surface area contributed by atoms with Gasteiger partial charge in [-0.2, -0.15) is 0 Å². The van der Waals surface area contributed by atoms with Gasteiger partial charge in [-0.05, 0) is 44.5 Å². The van der Waals surface area contributed by atoms with Gasteiger partial charge in [0.1, 0.15) is 0 Å². The summed E-state index contributed by atoms with van der Waals surface area (Å²) in [6, 6.07) is 8.30. The molecule has 3 aromatic rings. The molecule has 0 atom stereocenters. The van der Waals surface area contributed by atoms with E-state index in [-0.39, 0.29) is 12.4 Å². The molecule has 0 aliphatic rings. The Morgan fingerprint density at radius 3 is 2.30 bits per heavy atom. The van der Waals surface area contributed by atoms with E-state index in [1.807, 2.05) is 33.0 Å². The number of benzene rings is 1. The molecule has 0 unspecified atom stereocenters. The van der Waals surface area contributed by atoms with Crippen LogP contribution in [0.5, 0.6) is 0 Å². The number of anilines is 3. The lowest BCUT2D eigenvalue weighted by Crippen LogP contribution is -2.31. The largest absolute Gasteiger partial charge is 0.383 e. The van der Waals surface area contributed by atoms with Crippen LogP contribution in [0, 0.1) is 20.8 Å². The molecule has 0 spiro atoms. The molecule has 0 saturated carbocycles. The zero-order valence-corrected chi connectivity index (χ0v) is 19.5. The van der Waals surface area contributed by atoms with Crippen molar-refractivity contribution in [2.45, 2.75) is 20.8 Å². The van der Waals surface area contributed by atoms with Gasteiger partial charge in [-0.25, -0.2) is 4.98 Å². The summed E-state index contributed by atoms with van der Waals surface area (Å²) in [5, 5.41) is 3.50. The van der Waals surface area contributed by atoms with Crippen LogP contribution < -0.4 is 10.2 Å². The number of aromatic nitrogens is 3. The van der Waals surface area contributed by atoms with E-state index < -0.39 is 0 Å². The fourth-order valence-corrected chi connectivity index (χ4v) is 3.70. The number of halogens is 1. The minimum Gasteiger partial charge on any atom is -0.383 e. The zero-order valence-electron chi connectivity index (χ0n) is 18.7. The van der Waals surface area contributed by atoms with Gasteiger partial charge in [0, 0.05) is 40.1 Å². The first-order valence-corrected chi connectivity index (χ1v) is 9.86. The van der Waals surface area contributed by atoms with Crippen LogP contribution in [0.1, 0.15) is 17.0 Å². The number of methoxy groups -OCH3 is 2. The van der Waals surface area contributed by atoms with E-state index in [0.29, 0.717) is 13.2 Å². The Kier molecular flexibility index (Phi) is 8.46. The summed E-state index contributed by atoms with van der Waals surface area (Å²) in [4.78, 5) is 11.7. The van der Waals surface area contributed by atoms with Gasteiger partial charge in [-0.3, -0.25) is 4.98 Å². The molecule has 2 aromatic heterocycles. The highest BCUT2D eigenvalue weighted by atomic mass is 35.5. The first kappa shape index (κ1) is 23.9. The van der Waals surface area contributed by atoms with Crippen molar-refractivity contribution in [1.82, 2.24) is 14.5 Å². The number of aryl methyl sites for hydroxylation is 4. The Hall–Kier alpha value is -2.35.